The molecule has 0 aromatic heterocycles. The summed E-state index contributed by atoms with van der Waals surface area (Å²) in [5.41, 5.74) is 0.176. The average molecular weight is 186 g/mol. The molecule has 0 aliphatic carbocycles. The topological polar surface area (TPSA) is 94.8 Å². The molecule has 0 atom stereocenters. The number of carbonyl (C=O) groups is 1. The van der Waals surface area contributed by atoms with E-state index < -0.39 is 13.9 Å². The minimum Gasteiger partial charge on any atom is -0.478 e. The van der Waals surface area contributed by atoms with Crippen LogP contribution in [-0.2, 0) is 9.36 Å². The quantitative estimate of drug-likeness (QED) is 0.413. The number of hydrogen-bond acceptors (Lipinski definition) is 2. The second-order valence-electron chi connectivity index (χ2n) is 1.56. The molecule has 0 amide bonds. The smallest absolute Gasteiger partial charge is 0.478 e. The van der Waals surface area contributed by atoms with Gasteiger partial charge in [-0.05, 0) is 6.92 Å². The second-order valence-corrected chi connectivity index (χ2v) is 2.50. The van der Waals surface area contributed by atoms with Gasteiger partial charge in [-0.1, -0.05) is 6.58 Å². The third-order valence-electron chi connectivity index (χ3n) is 0.365. The van der Waals surface area contributed by atoms with Crippen LogP contribution in [0.25, 0.3) is 0 Å². The zero-order chi connectivity index (χ0) is 9.65. The summed E-state index contributed by atoms with van der Waals surface area (Å²) in [6.45, 7) is 4.60. The molecule has 0 bridgehead atoms. The highest BCUT2D eigenvalue weighted by molar-refractivity contribution is 7.45. The monoisotopic (exact) mass is 186 g/mol. The van der Waals surface area contributed by atoms with Crippen LogP contribution in [0, 0.1) is 0 Å². The molecule has 5 nitrogen and oxygen atoms in total. The van der Waals surface area contributed by atoms with E-state index in [9.17, 15) is 8.99 Å². The summed E-state index contributed by atoms with van der Waals surface area (Å²) in [4.78, 5) is 23.5. The van der Waals surface area contributed by atoms with Gasteiger partial charge < -0.3 is 5.11 Å². The molecule has 0 rings (SSSR count). The molecular formula is C4H8FO5P. The molecule has 11 heavy (non-hydrogen) atoms. The highest BCUT2D eigenvalue weighted by Crippen LogP contribution is 2.34. The molecule has 7 heteroatoms. The maximum atomic E-state index is 10.4. The van der Waals surface area contributed by atoms with Crippen molar-refractivity contribution in [3.8, 4) is 0 Å². The highest BCUT2D eigenvalue weighted by Gasteiger charge is 2.04. The van der Waals surface area contributed by atoms with Crippen LogP contribution in [-0.4, -0.2) is 20.9 Å². The third kappa shape index (κ3) is 45.6. The van der Waals surface area contributed by atoms with Crippen LogP contribution in [0.3, 0.4) is 0 Å². The van der Waals surface area contributed by atoms with Crippen molar-refractivity contribution >= 4 is 13.9 Å². The SMILES string of the molecule is C=C(C)C(=O)O.O=P(O)(O)F. The first-order valence-electron chi connectivity index (χ1n) is 2.28. The summed E-state index contributed by atoms with van der Waals surface area (Å²) >= 11 is 0. The fourth-order valence-corrected chi connectivity index (χ4v) is 0. The van der Waals surface area contributed by atoms with Crippen molar-refractivity contribution in [3.63, 3.8) is 0 Å². The molecule has 0 aromatic carbocycles. The largest absolute Gasteiger partial charge is 0.507 e. The van der Waals surface area contributed by atoms with Gasteiger partial charge in [0.25, 0.3) is 0 Å². The van der Waals surface area contributed by atoms with Gasteiger partial charge in [-0.15, -0.1) is 4.20 Å². The van der Waals surface area contributed by atoms with Crippen LogP contribution in [0.2, 0.25) is 0 Å². The Kier molecular flexibility index (Phi) is 5.88. The molecule has 0 saturated carbocycles. The maximum absolute atomic E-state index is 10.4. The van der Waals surface area contributed by atoms with Crippen molar-refractivity contribution in [3.05, 3.63) is 12.2 Å². The van der Waals surface area contributed by atoms with E-state index in [2.05, 4.69) is 6.58 Å². The van der Waals surface area contributed by atoms with Gasteiger partial charge in [-0.25, -0.2) is 9.36 Å². The van der Waals surface area contributed by atoms with Gasteiger partial charge in [-0.3, -0.25) is 9.79 Å². The van der Waals surface area contributed by atoms with Gasteiger partial charge >= 0.3 is 13.9 Å². The van der Waals surface area contributed by atoms with Gasteiger partial charge in [0.2, 0.25) is 0 Å². The number of aliphatic carboxylic acids is 1. The number of carboxylic acids is 1. The number of rotatable bonds is 1. The Morgan fingerprint density at radius 2 is 1.64 bits per heavy atom. The van der Waals surface area contributed by atoms with Crippen molar-refractivity contribution in [2.75, 3.05) is 0 Å². The standard InChI is InChI=1S/C4H6O2.FH2O3P/c1-3(2)4(5)6;1-5(2,3)4/h1H2,2H3,(H,5,6);(H2,2,3,4). The van der Waals surface area contributed by atoms with Gasteiger partial charge in [-0.2, -0.15) is 0 Å². The fourth-order valence-electron chi connectivity index (χ4n) is 0. The summed E-state index contributed by atoms with van der Waals surface area (Å²) in [6, 6.07) is 0. The summed E-state index contributed by atoms with van der Waals surface area (Å²) in [6.07, 6.45) is 0. The minimum absolute atomic E-state index is 0.176. The zero-order valence-electron chi connectivity index (χ0n) is 5.69. The molecule has 0 fully saturated rings. The Balaban J connectivity index is 0. The molecule has 0 unspecified atom stereocenters. The Morgan fingerprint density at radius 1 is 1.55 bits per heavy atom. The molecule has 66 valence electrons. The van der Waals surface area contributed by atoms with Crippen LogP contribution in [0.4, 0.5) is 4.20 Å². The molecule has 0 aliphatic heterocycles. The summed E-state index contributed by atoms with van der Waals surface area (Å²) in [5.74, 6) is -0.935. The zero-order valence-corrected chi connectivity index (χ0v) is 6.58. The molecule has 0 spiro atoms. The lowest BCUT2D eigenvalue weighted by molar-refractivity contribution is -0.132. The van der Waals surface area contributed by atoms with E-state index >= 15 is 0 Å². The molecule has 0 aromatic rings. The molecule has 0 radical (unpaired) electrons. The van der Waals surface area contributed by atoms with Gasteiger partial charge in [0.1, 0.15) is 0 Å². The number of hydrogen-bond donors (Lipinski definition) is 3. The lowest BCUT2D eigenvalue weighted by atomic mass is 10.4. The summed E-state index contributed by atoms with van der Waals surface area (Å²) in [7, 11) is -5.14. The summed E-state index contributed by atoms with van der Waals surface area (Å²) < 4.78 is 19.0. The molecule has 0 saturated heterocycles. The number of carboxylic acid groups (broad SMARTS) is 1. The normalized spacial score (nSPS) is 9.45. The van der Waals surface area contributed by atoms with Crippen LogP contribution in [0.1, 0.15) is 6.92 Å². The first-order chi connectivity index (χ1) is 4.64. The predicted molar refractivity (Wildman–Crippen MR) is 35.6 cm³/mol. The minimum atomic E-state index is -5.14. The fraction of sp³-hybridized carbons (Fsp3) is 0.250. The van der Waals surface area contributed by atoms with Crippen molar-refractivity contribution in [2.24, 2.45) is 0 Å². The van der Waals surface area contributed by atoms with Crippen LogP contribution in [0.5, 0.6) is 0 Å². The maximum Gasteiger partial charge on any atom is 0.507 e. The lowest BCUT2D eigenvalue weighted by Crippen LogP contribution is -1.92. The highest BCUT2D eigenvalue weighted by atomic mass is 31.2. The van der Waals surface area contributed by atoms with Crippen molar-refractivity contribution in [1.29, 1.82) is 0 Å². The van der Waals surface area contributed by atoms with Gasteiger partial charge in [0.05, 0.1) is 0 Å². The molecule has 0 aliphatic rings. The lowest BCUT2D eigenvalue weighted by Gasteiger charge is -1.79. The Bertz CT molecular complexity index is 174. The number of halogens is 1. The van der Waals surface area contributed by atoms with Crippen LogP contribution in [0.15, 0.2) is 12.2 Å². The second kappa shape index (κ2) is 5.01. The van der Waals surface area contributed by atoms with E-state index in [1.165, 1.54) is 6.92 Å². The average Bonchev–Trinajstić information content (AvgIpc) is 1.59. The van der Waals surface area contributed by atoms with Crippen molar-refractivity contribution in [2.45, 2.75) is 6.92 Å². The van der Waals surface area contributed by atoms with E-state index in [1.54, 1.807) is 0 Å². The van der Waals surface area contributed by atoms with Crippen molar-refractivity contribution < 1.29 is 28.4 Å². The van der Waals surface area contributed by atoms with E-state index in [0.29, 0.717) is 0 Å². The molecular weight excluding hydrogens is 178 g/mol. The van der Waals surface area contributed by atoms with E-state index in [1.807, 2.05) is 0 Å². The predicted octanol–water partition coefficient (Wildman–Crippen LogP) is 0.696. The van der Waals surface area contributed by atoms with Crippen molar-refractivity contribution in [1.82, 2.24) is 0 Å². The van der Waals surface area contributed by atoms with Gasteiger partial charge in [0, 0.05) is 5.57 Å². The van der Waals surface area contributed by atoms with E-state index in [0.717, 1.165) is 0 Å². The molecule has 0 heterocycles. The summed E-state index contributed by atoms with van der Waals surface area (Å²) in [5, 5.41) is 7.89. The van der Waals surface area contributed by atoms with Crippen LogP contribution < -0.4 is 0 Å². The van der Waals surface area contributed by atoms with Gasteiger partial charge in [0.15, 0.2) is 0 Å². The first-order valence-corrected chi connectivity index (χ1v) is 3.79. The third-order valence-corrected chi connectivity index (χ3v) is 0.365. The van der Waals surface area contributed by atoms with Crippen LogP contribution >= 0.6 is 7.91 Å². The Hall–Kier alpha value is -0.710. The molecule has 3 N–H and O–H groups in total. The Labute approximate surface area is 62.4 Å². The van der Waals surface area contributed by atoms with E-state index in [-0.39, 0.29) is 5.57 Å². The first kappa shape index (κ1) is 12.9. The van der Waals surface area contributed by atoms with E-state index in [4.69, 9.17) is 19.5 Å². The Morgan fingerprint density at radius 3 is 1.64 bits per heavy atom.